The fourth-order valence-corrected chi connectivity index (χ4v) is 3.65. The largest absolute Gasteiger partial charge is 0.507 e. The van der Waals surface area contributed by atoms with E-state index in [9.17, 15) is 5.11 Å². The monoisotopic (exact) mass is 456 g/mol. The van der Waals surface area contributed by atoms with Crippen molar-refractivity contribution >= 4 is 0 Å². The number of ether oxygens (including phenoxy) is 7. The number of benzene rings is 3. The van der Waals surface area contributed by atoms with E-state index in [2.05, 4.69) is 0 Å². The van der Waals surface area contributed by atoms with Gasteiger partial charge in [0.15, 0.2) is 0 Å². The van der Waals surface area contributed by atoms with Gasteiger partial charge in [-0.15, -0.1) is 0 Å². The van der Waals surface area contributed by atoms with Crippen LogP contribution < -0.4 is 33.2 Å². The standard InChI is InChI=1S/C25H28O8/c1-27-14-8-17(23-19(30-4)10-15(28-2)11-20(23)31-5)25(26)18(9-14)24-21(32-6)12-16(29-3)13-22(24)33-7/h8-13,26H,1-7H3. The highest BCUT2D eigenvalue weighted by molar-refractivity contribution is 5.92. The summed E-state index contributed by atoms with van der Waals surface area (Å²) < 4.78 is 38.7. The van der Waals surface area contributed by atoms with Gasteiger partial charge in [-0.05, 0) is 12.1 Å². The van der Waals surface area contributed by atoms with E-state index >= 15 is 0 Å². The fourth-order valence-electron chi connectivity index (χ4n) is 3.65. The molecule has 0 amide bonds. The molecule has 0 heterocycles. The van der Waals surface area contributed by atoms with E-state index in [-0.39, 0.29) is 5.75 Å². The second kappa shape index (κ2) is 10.1. The van der Waals surface area contributed by atoms with Gasteiger partial charge in [0.05, 0.1) is 60.9 Å². The maximum Gasteiger partial charge on any atom is 0.134 e. The second-order valence-corrected chi connectivity index (χ2v) is 6.88. The summed E-state index contributed by atoms with van der Waals surface area (Å²) in [5, 5.41) is 11.5. The Morgan fingerprint density at radius 2 is 0.697 bits per heavy atom. The third kappa shape index (κ3) is 4.37. The summed E-state index contributed by atoms with van der Waals surface area (Å²) >= 11 is 0. The molecule has 0 saturated carbocycles. The van der Waals surface area contributed by atoms with Crippen molar-refractivity contribution in [2.45, 2.75) is 0 Å². The molecule has 0 bridgehead atoms. The molecule has 3 aromatic carbocycles. The molecule has 0 saturated heterocycles. The molecule has 0 spiro atoms. The SMILES string of the molecule is COc1cc(OC)c(-c2cc(OC)cc(-c3c(OC)cc(OC)cc3OC)c2O)c(OC)c1. The van der Waals surface area contributed by atoms with Crippen molar-refractivity contribution in [1.29, 1.82) is 0 Å². The molecular formula is C25H28O8. The van der Waals surface area contributed by atoms with Crippen molar-refractivity contribution in [3.05, 3.63) is 36.4 Å². The molecule has 176 valence electrons. The zero-order valence-electron chi connectivity index (χ0n) is 19.8. The van der Waals surface area contributed by atoms with Gasteiger partial charge in [0.25, 0.3) is 0 Å². The Kier molecular flexibility index (Phi) is 7.27. The number of rotatable bonds is 9. The highest BCUT2D eigenvalue weighted by Gasteiger charge is 2.25. The first-order valence-corrected chi connectivity index (χ1v) is 9.97. The Morgan fingerprint density at radius 1 is 0.424 bits per heavy atom. The first-order valence-electron chi connectivity index (χ1n) is 9.97. The van der Waals surface area contributed by atoms with Crippen LogP contribution in [0.4, 0.5) is 0 Å². The van der Waals surface area contributed by atoms with Crippen molar-refractivity contribution in [3.8, 4) is 68.2 Å². The van der Waals surface area contributed by atoms with Crippen LogP contribution in [0, 0.1) is 0 Å². The molecule has 1 N–H and O–H groups in total. The molecule has 0 aliphatic rings. The molecule has 0 radical (unpaired) electrons. The zero-order chi connectivity index (χ0) is 24.1. The van der Waals surface area contributed by atoms with Crippen LogP contribution >= 0.6 is 0 Å². The van der Waals surface area contributed by atoms with Crippen molar-refractivity contribution in [1.82, 2.24) is 0 Å². The average Bonchev–Trinajstić information content (AvgIpc) is 2.87. The molecule has 0 fully saturated rings. The summed E-state index contributed by atoms with van der Waals surface area (Å²) in [5.74, 6) is 3.37. The highest BCUT2D eigenvalue weighted by atomic mass is 16.5. The minimum absolute atomic E-state index is 0.0423. The topological polar surface area (TPSA) is 84.8 Å². The Morgan fingerprint density at radius 3 is 0.939 bits per heavy atom. The molecule has 0 atom stereocenters. The predicted octanol–water partition coefficient (Wildman–Crippen LogP) is 4.79. The van der Waals surface area contributed by atoms with Crippen molar-refractivity contribution in [2.75, 3.05) is 49.8 Å². The van der Waals surface area contributed by atoms with E-state index in [0.717, 1.165) is 0 Å². The number of hydrogen-bond acceptors (Lipinski definition) is 8. The van der Waals surface area contributed by atoms with E-state index < -0.39 is 0 Å². The Bertz CT molecular complexity index is 1000. The van der Waals surface area contributed by atoms with E-state index in [1.54, 1.807) is 57.7 Å². The van der Waals surface area contributed by atoms with E-state index in [4.69, 9.17) is 33.2 Å². The summed E-state index contributed by atoms with van der Waals surface area (Å²) in [6.45, 7) is 0. The molecule has 0 aromatic heterocycles. The van der Waals surface area contributed by atoms with Crippen LogP contribution in [-0.4, -0.2) is 54.9 Å². The summed E-state index contributed by atoms with van der Waals surface area (Å²) in [4.78, 5) is 0. The Hall–Kier alpha value is -3.94. The van der Waals surface area contributed by atoms with Gasteiger partial charge in [0.2, 0.25) is 0 Å². The molecule has 8 heteroatoms. The maximum absolute atomic E-state index is 11.5. The van der Waals surface area contributed by atoms with Gasteiger partial charge in [-0.3, -0.25) is 0 Å². The number of phenolic OH excluding ortho intramolecular Hbond substituents is 1. The quantitative estimate of drug-likeness (QED) is 0.492. The summed E-state index contributed by atoms with van der Waals surface area (Å²) in [6.07, 6.45) is 0. The summed E-state index contributed by atoms with van der Waals surface area (Å²) in [5.41, 5.74) is 1.93. The lowest BCUT2D eigenvalue weighted by Crippen LogP contribution is -1.99. The van der Waals surface area contributed by atoms with E-state index in [1.165, 1.54) is 28.4 Å². The van der Waals surface area contributed by atoms with Gasteiger partial charge < -0.3 is 38.3 Å². The fraction of sp³-hybridized carbons (Fsp3) is 0.280. The van der Waals surface area contributed by atoms with Gasteiger partial charge in [-0.1, -0.05) is 0 Å². The maximum atomic E-state index is 11.5. The van der Waals surface area contributed by atoms with Crippen LogP contribution in [0.3, 0.4) is 0 Å². The Labute approximate surface area is 193 Å². The van der Waals surface area contributed by atoms with Gasteiger partial charge >= 0.3 is 0 Å². The Balaban J connectivity index is 2.41. The van der Waals surface area contributed by atoms with Crippen LogP contribution in [0.25, 0.3) is 22.3 Å². The summed E-state index contributed by atoms with van der Waals surface area (Å²) in [7, 11) is 10.8. The number of phenols is 1. The molecule has 8 nitrogen and oxygen atoms in total. The number of methoxy groups -OCH3 is 7. The van der Waals surface area contributed by atoms with Crippen LogP contribution in [0.5, 0.6) is 46.0 Å². The minimum Gasteiger partial charge on any atom is -0.507 e. The molecule has 0 unspecified atom stereocenters. The lowest BCUT2D eigenvalue weighted by molar-refractivity contribution is 0.376. The van der Waals surface area contributed by atoms with Crippen LogP contribution in [0.1, 0.15) is 0 Å². The number of hydrogen-bond donors (Lipinski definition) is 1. The molecule has 0 aliphatic carbocycles. The number of aromatic hydroxyl groups is 1. The lowest BCUT2D eigenvalue weighted by atomic mass is 9.94. The molecule has 3 rings (SSSR count). The minimum atomic E-state index is -0.0423. The molecule has 33 heavy (non-hydrogen) atoms. The third-order valence-electron chi connectivity index (χ3n) is 5.29. The zero-order valence-corrected chi connectivity index (χ0v) is 19.8. The third-order valence-corrected chi connectivity index (χ3v) is 5.29. The summed E-state index contributed by atoms with van der Waals surface area (Å²) in [6, 6.07) is 10.3. The van der Waals surface area contributed by atoms with Crippen molar-refractivity contribution < 1.29 is 38.3 Å². The van der Waals surface area contributed by atoms with Crippen LogP contribution in [0.2, 0.25) is 0 Å². The first-order chi connectivity index (χ1) is 16.0. The lowest BCUT2D eigenvalue weighted by Gasteiger charge is -2.20. The van der Waals surface area contributed by atoms with E-state index in [0.29, 0.717) is 62.5 Å². The van der Waals surface area contributed by atoms with Crippen LogP contribution in [-0.2, 0) is 0 Å². The normalized spacial score (nSPS) is 10.4. The molecule has 0 aliphatic heterocycles. The smallest absolute Gasteiger partial charge is 0.134 e. The van der Waals surface area contributed by atoms with Gasteiger partial charge in [0, 0.05) is 35.4 Å². The van der Waals surface area contributed by atoms with Crippen molar-refractivity contribution in [2.24, 2.45) is 0 Å². The second-order valence-electron chi connectivity index (χ2n) is 6.88. The van der Waals surface area contributed by atoms with Crippen LogP contribution in [0.15, 0.2) is 36.4 Å². The van der Waals surface area contributed by atoms with Gasteiger partial charge in [0.1, 0.15) is 46.0 Å². The van der Waals surface area contributed by atoms with Crippen molar-refractivity contribution in [3.63, 3.8) is 0 Å². The average molecular weight is 456 g/mol. The van der Waals surface area contributed by atoms with E-state index in [1.807, 2.05) is 0 Å². The van der Waals surface area contributed by atoms with Gasteiger partial charge in [-0.2, -0.15) is 0 Å². The molecular weight excluding hydrogens is 428 g/mol. The predicted molar refractivity (Wildman–Crippen MR) is 125 cm³/mol. The first kappa shape index (κ1) is 23.7. The highest BCUT2D eigenvalue weighted by Crippen LogP contribution is 2.52. The molecule has 3 aromatic rings. The van der Waals surface area contributed by atoms with Gasteiger partial charge in [-0.25, -0.2) is 0 Å².